The molecule has 0 aliphatic heterocycles. The van der Waals surface area contributed by atoms with E-state index in [9.17, 15) is 14.9 Å². The first-order chi connectivity index (χ1) is 7.93. The van der Waals surface area contributed by atoms with E-state index in [1.165, 1.54) is 19.1 Å². The van der Waals surface area contributed by atoms with Gasteiger partial charge in [0.15, 0.2) is 0 Å². The van der Waals surface area contributed by atoms with Crippen molar-refractivity contribution in [3.63, 3.8) is 0 Å². The summed E-state index contributed by atoms with van der Waals surface area (Å²) in [6.07, 6.45) is -0.693. The first-order valence-corrected chi connectivity index (χ1v) is 5.13. The zero-order valence-corrected chi connectivity index (χ0v) is 9.64. The van der Waals surface area contributed by atoms with Crippen molar-refractivity contribution in [1.82, 2.24) is 5.32 Å². The third kappa shape index (κ3) is 3.25. The van der Waals surface area contributed by atoms with Crippen LogP contribution >= 0.6 is 0 Å². The van der Waals surface area contributed by atoms with Gasteiger partial charge in [0.2, 0.25) is 0 Å². The predicted molar refractivity (Wildman–Crippen MR) is 61.8 cm³/mol. The fraction of sp³-hybridized carbons (Fsp3) is 0.364. The van der Waals surface area contributed by atoms with Crippen molar-refractivity contribution in [3.05, 3.63) is 39.4 Å². The number of carbonyl (C=O) groups is 1. The van der Waals surface area contributed by atoms with Gasteiger partial charge in [-0.25, -0.2) is 0 Å². The van der Waals surface area contributed by atoms with Crippen molar-refractivity contribution < 1.29 is 14.8 Å². The van der Waals surface area contributed by atoms with Gasteiger partial charge in [-0.3, -0.25) is 14.9 Å². The normalized spacial score (nSPS) is 11.9. The Balaban J connectivity index is 3.03. The number of aryl methyl sites for hydroxylation is 1. The average molecular weight is 238 g/mol. The van der Waals surface area contributed by atoms with Crippen LogP contribution in [-0.4, -0.2) is 28.6 Å². The van der Waals surface area contributed by atoms with Crippen molar-refractivity contribution in [3.8, 4) is 0 Å². The Morgan fingerprint density at radius 1 is 1.59 bits per heavy atom. The molecule has 0 unspecified atom stereocenters. The van der Waals surface area contributed by atoms with E-state index in [2.05, 4.69) is 5.32 Å². The first kappa shape index (κ1) is 13.1. The Kier molecular flexibility index (Phi) is 4.17. The number of carbonyl (C=O) groups excluding carboxylic acids is 1. The second-order valence-electron chi connectivity index (χ2n) is 3.79. The quantitative estimate of drug-likeness (QED) is 0.605. The van der Waals surface area contributed by atoms with Gasteiger partial charge >= 0.3 is 0 Å². The number of aliphatic hydroxyl groups excluding tert-OH is 1. The second kappa shape index (κ2) is 5.40. The highest BCUT2D eigenvalue weighted by Crippen LogP contribution is 2.21. The largest absolute Gasteiger partial charge is 0.392 e. The van der Waals surface area contributed by atoms with E-state index >= 15 is 0 Å². The number of rotatable bonds is 4. The van der Waals surface area contributed by atoms with Crippen LogP contribution in [-0.2, 0) is 0 Å². The number of nitro groups is 1. The molecule has 0 bridgehead atoms. The Bertz CT molecular complexity index is 443. The molecule has 0 heterocycles. The number of hydrogen-bond acceptors (Lipinski definition) is 4. The molecule has 0 saturated carbocycles. The topological polar surface area (TPSA) is 92.5 Å². The number of aliphatic hydroxyl groups is 1. The molecule has 0 aromatic heterocycles. The Hall–Kier alpha value is -1.95. The van der Waals surface area contributed by atoms with Crippen LogP contribution in [0.5, 0.6) is 0 Å². The molecule has 17 heavy (non-hydrogen) atoms. The van der Waals surface area contributed by atoms with Crippen LogP contribution in [0, 0.1) is 17.0 Å². The summed E-state index contributed by atoms with van der Waals surface area (Å²) in [6.45, 7) is 3.21. The lowest BCUT2D eigenvalue weighted by atomic mass is 10.1. The minimum Gasteiger partial charge on any atom is -0.392 e. The number of amides is 1. The van der Waals surface area contributed by atoms with E-state index in [1.807, 2.05) is 0 Å². The molecule has 6 nitrogen and oxygen atoms in total. The summed E-state index contributed by atoms with van der Waals surface area (Å²) in [5.74, 6) is -0.546. The zero-order valence-electron chi connectivity index (χ0n) is 9.64. The maximum atomic E-state index is 11.8. The van der Waals surface area contributed by atoms with Crippen molar-refractivity contribution in [1.29, 1.82) is 0 Å². The molecule has 92 valence electrons. The van der Waals surface area contributed by atoms with Gasteiger partial charge in [0.1, 0.15) is 5.56 Å². The molecule has 2 N–H and O–H groups in total. The third-order valence-corrected chi connectivity index (χ3v) is 2.23. The third-order valence-electron chi connectivity index (χ3n) is 2.23. The SMILES string of the molecule is Cc1cccc([N+](=O)[O-])c1C(=O)NC[C@H](C)O. The molecule has 6 heteroatoms. The predicted octanol–water partition coefficient (Wildman–Crippen LogP) is 1.01. The summed E-state index contributed by atoms with van der Waals surface area (Å²) < 4.78 is 0. The molecule has 1 atom stereocenters. The number of nitrogens with one attached hydrogen (secondary N) is 1. The van der Waals surface area contributed by atoms with Crippen LogP contribution in [0.2, 0.25) is 0 Å². The molecule has 1 rings (SSSR count). The molecule has 0 fully saturated rings. The van der Waals surface area contributed by atoms with E-state index in [0.717, 1.165) is 0 Å². The number of hydrogen-bond donors (Lipinski definition) is 2. The highest BCUT2D eigenvalue weighted by Gasteiger charge is 2.21. The summed E-state index contributed by atoms with van der Waals surface area (Å²) in [5, 5.41) is 22.3. The van der Waals surface area contributed by atoms with Crippen molar-refractivity contribution in [2.75, 3.05) is 6.54 Å². The van der Waals surface area contributed by atoms with Gasteiger partial charge in [-0.1, -0.05) is 12.1 Å². The molecule has 1 aromatic rings. The summed E-state index contributed by atoms with van der Waals surface area (Å²) >= 11 is 0. The van der Waals surface area contributed by atoms with Crippen LogP contribution in [0.1, 0.15) is 22.8 Å². The summed E-state index contributed by atoms with van der Waals surface area (Å²) in [5.41, 5.74) is 0.341. The molecule has 0 aliphatic carbocycles. The van der Waals surface area contributed by atoms with Gasteiger partial charge in [0.25, 0.3) is 11.6 Å². The van der Waals surface area contributed by atoms with E-state index in [1.54, 1.807) is 13.0 Å². The Labute approximate surface area is 98.4 Å². The molecule has 1 amide bonds. The Morgan fingerprint density at radius 3 is 2.76 bits per heavy atom. The number of nitro benzene ring substituents is 1. The monoisotopic (exact) mass is 238 g/mol. The fourth-order valence-corrected chi connectivity index (χ4v) is 1.43. The number of benzene rings is 1. The van der Waals surface area contributed by atoms with E-state index in [4.69, 9.17) is 5.11 Å². The molecule has 1 aromatic carbocycles. The van der Waals surface area contributed by atoms with E-state index in [-0.39, 0.29) is 17.8 Å². The first-order valence-electron chi connectivity index (χ1n) is 5.13. The fourth-order valence-electron chi connectivity index (χ4n) is 1.43. The highest BCUT2D eigenvalue weighted by molar-refractivity contribution is 5.99. The summed E-state index contributed by atoms with van der Waals surface area (Å²) in [6, 6.07) is 4.44. The van der Waals surface area contributed by atoms with E-state index in [0.29, 0.717) is 5.56 Å². The van der Waals surface area contributed by atoms with Crippen LogP contribution in [0.3, 0.4) is 0 Å². The molecule has 0 aliphatic rings. The average Bonchev–Trinajstić information content (AvgIpc) is 2.25. The number of nitrogens with zero attached hydrogens (tertiary/aromatic N) is 1. The minimum absolute atomic E-state index is 0.0400. The lowest BCUT2D eigenvalue weighted by Crippen LogP contribution is -2.31. The molecular weight excluding hydrogens is 224 g/mol. The van der Waals surface area contributed by atoms with Crippen LogP contribution in [0.15, 0.2) is 18.2 Å². The smallest absolute Gasteiger partial charge is 0.282 e. The van der Waals surface area contributed by atoms with Gasteiger partial charge in [0, 0.05) is 12.6 Å². The van der Waals surface area contributed by atoms with E-state index < -0.39 is 16.9 Å². The zero-order chi connectivity index (χ0) is 13.0. The maximum absolute atomic E-state index is 11.8. The van der Waals surface area contributed by atoms with Gasteiger partial charge in [-0.05, 0) is 19.4 Å². The van der Waals surface area contributed by atoms with Gasteiger partial charge in [-0.15, -0.1) is 0 Å². The van der Waals surface area contributed by atoms with Crippen molar-refractivity contribution in [2.45, 2.75) is 20.0 Å². The lowest BCUT2D eigenvalue weighted by Gasteiger charge is -2.09. The summed E-state index contributed by atoms with van der Waals surface area (Å²) in [7, 11) is 0. The molecule has 0 saturated heterocycles. The van der Waals surface area contributed by atoms with Gasteiger partial charge < -0.3 is 10.4 Å². The molecular formula is C11H14N2O4. The maximum Gasteiger partial charge on any atom is 0.282 e. The van der Waals surface area contributed by atoms with Gasteiger partial charge in [0.05, 0.1) is 11.0 Å². The standard InChI is InChI=1S/C11H14N2O4/c1-7-4-3-5-9(13(16)17)10(7)11(15)12-6-8(2)14/h3-5,8,14H,6H2,1-2H3,(H,12,15)/t8-/m0/s1. The van der Waals surface area contributed by atoms with Crippen molar-refractivity contribution >= 4 is 11.6 Å². The Morgan fingerprint density at radius 2 is 2.24 bits per heavy atom. The van der Waals surface area contributed by atoms with Crippen LogP contribution in [0.25, 0.3) is 0 Å². The lowest BCUT2D eigenvalue weighted by molar-refractivity contribution is -0.385. The molecule has 0 radical (unpaired) electrons. The second-order valence-corrected chi connectivity index (χ2v) is 3.79. The summed E-state index contributed by atoms with van der Waals surface area (Å²) in [4.78, 5) is 22.0. The molecule has 0 spiro atoms. The van der Waals surface area contributed by atoms with Crippen LogP contribution in [0.4, 0.5) is 5.69 Å². The van der Waals surface area contributed by atoms with Gasteiger partial charge in [-0.2, -0.15) is 0 Å². The van der Waals surface area contributed by atoms with Crippen molar-refractivity contribution in [2.24, 2.45) is 0 Å². The van der Waals surface area contributed by atoms with Crippen LogP contribution < -0.4 is 5.32 Å². The highest BCUT2D eigenvalue weighted by atomic mass is 16.6. The minimum atomic E-state index is -0.693.